The van der Waals surface area contributed by atoms with Gasteiger partial charge in [-0.3, -0.25) is 0 Å². The lowest BCUT2D eigenvalue weighted by atomic mass is 10.0. The van der Waals surface area contributed by atoms with Crippen LogP contribution in [0.5, 0.6) is 0 Å². The van der Waals surface area contributed by atoms with Crippen molar-refractivity contribution in [3.8, 4) is 0 Å². The maximum absolute atomic E-state index is 12.7. The molecule has 104 valence electrons. The second kappa shape index (κ2) is 4.88. The summed E-state index contributed by atoms with van der Waals surface area (Å²) in [7, 11) is -3.31. The van der Waals surface area contributed by atoms with E-state index in [2.05, 4.69) is 13.8 Å². The molecular formula is C13H29NO2S. The van der Waals surface area contributed by atoms with Crippen molar-refractivity contribution in [2.75, 3.05) is 0 Å². The predicted octanol–water partition coefficient (Wildman–Crippen LogP) is 3.26. The molecular weight excluding hydrogens is 234 g/mol. The fourth-order valence-electron chi connectivity index (χ4n) is 1.76. The lowest BCUT2D eigenvalue weighted by Crippen LogP contribution is -2.56. The van der Waals surface area contributed by atoms with Gasteiger partial charge in [0.25, 0.3) is 0 Å². The van der Waals surface area contributed by atoms with Crippen LogP contribution in [0.15, 0.2) is 0 Å². The Morgan fingerprint density at radius 3 is 1.41 bits per heavy atom. The van der Waals surface area contributed by atoms with Crippen molar-refractivity contribution in [3.05, 3.63) is 0 Å². The molecule has 0 fully saturated rings. The summed E-state index contributed by atoms with van der Waals surface area (Å²) < 4.78 is 26.3. The zero-order chi connectivity index (χ0) is 14.2. The van der Waals surface area contributed by atoms with Crippen LogP contribution < -0.4 is 0 Å². The highest BCUT2D eigenvalue weighted by Gasteiger charge is 2.44. The maximum atomic E-state index is 12.7. The molecule has 0 rings (SSSR count). The third-order valence-electron chi connectivity index (χ3n) is 3.03. The van der Waals surface area contributed by atoms with Crippen molar-refractivity contribution in [2.24, 2.45) is 5.92 Å². The van der Waals surface area contributed by atoms with Crippen LogP contribution in [0.2, 0.25) is 0 Å². The Bertz CT molecular complexity index is 345. The lowest BCUT2D eigenvalue weighted by Gasteiger charge is -2.44. The van der Waals surface area contributed by atoms with Gasteiger partial charge in [0.1, 0.15) is 0 Å². The topological polar surface area (TPSA) is 37.4 Å². The fourth-order valence-corrected chi connectivity index (χ4v) is 3.75. The summed E-state index contributed by atoms with van der Waals surface area (Å²) in [5, 5.41) is 0. The van der Waals surface area contributed by atoms with Gasteiger partial charge in [-0.1, -0.05) is 13.8 Å². The van der Waals surface area contributed by atoms with Crippen LogP contribution >= 0.6 is 0 Å². The van der Waals surface area contributed by atoms with E-state index in [0.29, 0.717) is 5.92 Å². The standard InChI is InChI=1S/C13H29NO2S/c1-10(2)11(3)14(12(4,5)6)17(15,16)13(7,8)9/h10-11H,1-9H3/t11-/m0/s1. The molecule has 0 aliphatic carbocycles. The Kier molecular flexibility index (Phi) is 4.86. The number of sulfonamides is 1. The Balaban J connectivity index is 5.69. The minimum Gasteiger partial charge on any atom is -0.212 e. The van der Waals surface area contributed by atoms with Crippen LogP contribution in [-0.4, -0.2) is 29.1 Å². The quantitative estimate of drug-likeness (QED) is 0.784. The van der Waals surface area contributed by atoms with Crippen LogP contribution in [-0.2, 0) is 10.0 Å². The van der Waals surface area contributed by atoms with E-state index >= 15 is 0 Å². The van der Waals surface area contributed by atoms with Crippen molar-refractivity contribution in [1.82, 2.24) is 4.31 Å². The summed E-state index contributed by atoms with van der Waals surface area (Å²) in [5.74, 6) is 0.298. The van der Waals surface area contributed by atoms with Crippen molar-refractivity contribution in [2.45, 2.75) is 78.6 Å². The molecule has 0 aliphatic heterocycles. The first kappa shape index (κ1) is 16.9. The third-order valence-corrected chi connectivity index (χ3v) is 5.97. The Labute approximate surface area is 108 Å². The van der Waals surface area contributed by atoms with Gasteiger partial charge in [0.2, 0.25) is 10.0 Å². The SMILES string of the molecule is CC(C)[C@H](C)N(C(C)(C)C)S(=O)(=O)C(C)(C)C. The summed E-state index contributed by atoms with van der Waals surface area (Å²) in [6.45, 7) is 17.2. The molecule has 0 aromatic heterocycles. The zero-order valence-corrected chi connectivity index (χ0v) is 13.6. The van der Waals surface area contributed by atoms with Gasteiger partial charge in [-0.2, -0.15) is 4.31 Å². The van der Waals surface area contributed by atoms with Gasteiger partial charge in [-0.05, 0) is 54.4 Å². The van der Waals surface area contributed by atoms with Crippen molar-refractivity contribution in [3.63, 3.8) is 0 Å². The van der Waals surface area contributed by atoms with E-state index in [1.807, 2.05) is 27.7 Å². The van der Waals surface area contributed by atoms with Gasteiger partial charge in [0, 0.05) is 11.6 Å². The molecule has 0 N–H and O–H groups in total. The average molecular weight is 263 g/mol. The molecule has 0 amide bonds. The largest absolute Gasteiger partial charge is 0.219 e. The van der Waals surface area contributed by atoms with Gasteiger partial charge < -0.3 is 0 Å². The molecule has 0 aliphatic rings. The van der Waals surface area contributed by atoms with Gasteiger partial charge in [0.05, 0.1) is 4.75 Å². The highest BCUT2D eigenvalue weighted by molar-refractivity contribution is 7.90. The molecule has 4 heteroatoms. The Hall–Kier alpha value is -0.0900. The highest BCUT2D eigenvalue weighted by Crippen LogP contribution is 2.31. The van der Waals surface area contributed by atoms with Gasteiger partial charge in [-0.15, -0.1) is 0 Å². The molecule has 0 aromatic rings. The molecule has 0 aromatic carbocycles. The van der Waals surface area contributed by atoms with Crippen LogP contribution in [0.25, 0.3) is 0 Å². The lowest BCUT2D eigenvalue weighted by molar-refractivity contribution is 0.162. The van der Waals surface area contributed by atoms with E-state index in [9.17, 15) is 8.42 Å². The first-order valence-electron chi connectivity index (χ1n) is 6.27. The number of rotatable bonds is 3. The first-order valence-corrected chi connectivity index (χ1v) is 7.71. The summed E-state index contributed by atoms with van der Waals surface area (Å²) in [5.41, 5.74) is -0.393. The van der Waals surface area contributed by atoms with Crippen LogP contribution in [0, 0.1) is 5.92 Å². The zero-order valence-electron chi connectivity index (χ0n) is 12.8. The fraction of sp³-hybridized carbons (Fsp3) is 1.00. The van der Waals surface area contributed by atoms with Gasteiger partial charge in [-0.25, -0.2) is 8.42 Å². The van der Waals surface area contributed by atoms with E-state index < -0.39 is 20.3 Å². The van der Waals surface area contributed by atoms with Crippen LogP contribution in [0.1, 0.15) is 62.3 Å². The smallest absolute Gasteiger partial charge is 0.212 e. The molecule has 0 spiro atoms. The van der Waals surface area contributed by atoms with E-state index in [0.717, 1.165) is 0 Å². The second-order valence-electron chi connectivity index (χ2n) is 7.07. The molecule has 1 atom stereocenters. The molecule has 3 nitrogen and oxygen atoms in total. The molecule has 0 heterocycles. The van der Waals surface area contributed by atoms with Crippen molar-refractivity contribution < 1.29 is 8.42 Å². The molecule has 0 saturated heterocycles. The second-order valence-corrected chi connectivity index (χ2v) is 9.64. The van der Waals surface area contributed by atoms with Gasteiger partial charge in [0.15, 0.2) is 0 Å². The normalized spacial score (nSPS) is 16.6. The molecule has 0 unspecified atom stereocenters. The van der Waals surface area contributed by atoms with E-state index in [4.69, 9.17) is 0 Å². The van der Waals surface area contributed by atoms with E-state index in [1.54, 1.807) is 25.1 Å². The Morgan fingerprint density at radius 1 is 0.882 bits per heavy atom. The van der Waals surface area contributed by atoms with Crippen LogP contribution in [0.3, 0.4) is 0 Å². The molecule has 17 heavy (non-hydrogen) atoms. The van der Waals surface area contributed by atoms with Crippen molar-refractivity contribution >= 4 is 10.0 Å². The van der Waals surface area contributed by atoms with E-state index in [1.165, 1.54) is 0 Å². The first-order chi connectivity index (χ1) is 7.23. The summed E-state index contributed by atoms with van der Waals surface area (Å²) in [4.78, 5) is 0. The minimum absolute atomic E-state index is 0.000718. The maximum Gasteiger partial charge on any atom is 0.219 e. The monoisotopic (exact) mass is 263 g/mol. The Morgan fingerprint density at radius 2 is 1.24 bits per heavy atom. The molecule has 0 radical (unpaired) electrons. The highest BCUT2D eigenvalue weighted by atomic mass is 32.2. The molecule has 0 saturated carbocycles. The number of hydrogen-bond acceptors (Lipinski definition) is 2. The third kappa shape index (κ3) is 3.68. The summed E-state index contributed by atoms with van der Waals surface area (Å²) in [6, 6.07) is -0.000718. The number of nitrogens with zero attached hydrogens (tertiary/aromatic N) is 1. The minimum atomic E-state index is -3.31. The van der Waals surface area contributed by atoms with E-state index in [-0.39, 0.29) is 6.04 Å². The van der Waals surface area contributed by atoms with Crippen LogP contribution in [0.4, 0.5) is 0 Å². The average Bonchev–Trinajstić information content (AvgIpc) is 1.97. The van der Waals surface area contributed by atoms with Gasteiger partial charge >= 0.3 is 0 Å². The number of hydrogen-bond donors (Lipinski definition) is 0. The summed E-state index contributed by atoms with van der Waals surface area (Å²) >= 11 is 0. The van der Waals surface area contributed by atoms with Crippen molar-refractivity contribution in [1.29, 1.82) is 0 Å². The molecule has 0 bridgehead atoms. The summed E-state index contributed by atoms with van der Waals surface area (Å²) in [6.07, 6.45) is 0. The predicted molar refractivity (Wildman–Crippen MR) is 74.6 cm³/mol.